The number of aliphatic hydroxyl groups is 1. The molecule has 2 heterocycles. The zero-order chi connectivity index (χ0) is 16.8. The van der Waals surface area contributed by atoms with Crippen molar-refractivity contribution in [3.8, 4) is 0 Å². The van der Waals surface area contributed by atoms with Crippen LogP contribution in [0.5, 0.6) is 0 Å². The van der Waals surface area contributed by atoms with E-state index in [4.69, 9.17) is 0 Å². The van der Waals surface area contributed by atoms with Gasteiger partial charge < -0.3 is 15.7 Å². The van der Waals surface area contributed by atoms with Crippen LogP contribution < -0.4 is 10.6 Å². The second kappa shape index (κ2) is 8.28. The third-order valence-corrected chi connectivity index (χ3v) is 5.01. The highest BCUT2D eigenvalue weighted by Gasteiger charge is 2.15. The molecule has 3 rings (SSSR count). The van der Waals surface area contributed by atoms with Gasteiger partial charge >= 0.3 is 6.03 Å². The number of hydrogen-bond donors (Lipinski definition) is 3. The first kappa shape index (κ1) is 17.0. The predicted molar refractivity (Wildman–Crippen MR) is 96.1 cm³/mol. The molecule has 1 aromatic carbocycles. The number of aliphatic hydroxyl groups excluding tert-OH is 1. The van der Waals surface area contributed by atoms with E-state index in [2.05, 4.69) is 39.8 Å². The van der Waals surface area contributed by atoms with Gasteiger partial charge in [0.15, 0.2) is 0 Å². The maximum absolute atomic E-state index is 11.8. The number of thiophene rings is 1. The van der Waals surface area contributed by atoms with Gasteiger partial charge in [-0.05, 0) is 39.9 Å². The molecule has 5 nitrogen and oxygen atoms in total. The Morgan fingerprint density at radius 3 is 2.88 bits per heavy atom. The first-order valence-corrected chi connectivity index (χ1v) is 9.17. The number of urea groups is 1. The van der Waals surface area contributed by atoms with Crippen LogP contribution in [0.1, 0.15) is 22.8 Å². The summed E-state index contributed by atoms with van der Waals surface area (Å²) in [5.41, 5.74) is 3.65. The Morgan fingerprint density at radius 2 is 2.08 bits per heavy atom. The highest BCUT2D eigenvalue weighted by atomic mass is 32.1. The average Bonchev–Trinajstić information content (AvgIpc) is 3.14. The third kappa shape index (κ3) is 4.56. The van der Waals surface area contributed by atoms with Gasteiger partial charge in [-0.3, -0.25) is 4.90 Å². The maximum atomic E-state index is 11.8. The topological polar surface area (TPSA) is 64.6 Å². The summed E-state index contributed by atoms with van der Waals surface area (Å²) in [6.07, 6.45) is 0.412. The second-order valence-corrected chi connectivity index (χ2v) is 6.78. The van der Waals surface area contributed by atoms with Crippen LogP contribution in [0, 0.1) is 0 Å². The van der Waals surface area contributed by atoms with Crippen LogP contribution in [0.25, 0.3) is 0 Å². The normalized spacial score (nSPS) is 15.5. The minimum absolute atomic E-state index is 0.222. The van der Waals surface area contributed by atoms with Crippen LogP contribution >= 0.6 is 11.3 Å². The summed E-state index contributed by atoms with van der Waals surface area (Å²) < 4.78 is 0. The zero-order valence-electron chi connectivity index (χ0n) is 13.6. The lowest BCUT2D eigenvalue weighted by molar-refractivity contribution is 0.173. The van der Waals surface area contributed by atoms with Gasteiger partial charge in [0.1, 0.15) is 0 Å². The van der Waals surface area contributed by atoms with Gasteiger partial charge in [-0.2, -0.15) is 11.3 Å². The van der Waals surface area contributed by atoms with Crippen molar-refractivity contribution in [1.29, 1.82) is 0 Å². The van der Waals surface area contributed by atoms with Crippen molar-refractivity contribution in [3.63, 3.8) is 0 Å². The molecule has 2 amide bonds. The molecular weight excluding hydrogens is 322 g/mol. The van der Waals surface area contributed by atoms with Crippen LogP contribution in [-0.2, 0) is 13.0 Å². The molecule has 1 atom stereocenters. The zero-order valence-corrected chi connectivity index (χ0v) is 14.4. The molecule has 6 heteroatoms. The summed E-state index contributed by atoms with van der Waals surface area (Å²) in [7, 11) is 0. The third-order valence-electron chi connectivity index (χ3n) is 4.31. The van der Waals surface area contributed by atoms with E-state index < -0.39 is 6.10 Å². The van der Waals surface area contributed by atoms with Crippen molar-refractivity contribution in [2.45, 2.75) is 19.1 Å². The summed E-state index contributed by atoms with van der Waals surface area (Å²) in [6.45, 7) is 3.62. The number of hydrogen-bond acceptors (Lipinski definition) is 4. The molecule has 1 aromatic heterocycles. The Balaban J connectivity index is 1.34. The van der Waals surface area contributed by atoms with Gasteiger partial charge in [-0.25, -0.2) is 4.79 Å². The molecular formula is C18H23N3O2S. The van der Waals surface area contributed by atoms with Gasteiger partial charge in [-0.15, -0.1) is 0 Å². The summed E-state index contributed by atoms with van der Waals surface area (Å²) in [5, 5.41) is 19.3. The Kier molecular flexibility index (Phi) is 5.85. The number of carbonyl (C=O) groups is 1. The lowest BCUT2D eigenvalue weighted by Crippen LogP contribution is -2.42. The molecule has 128 valence electrons. The molecule has 0 radical (unpaired) electrons. The minimum Gasteiger partial charge on any atom is -0.387 e. The van der Waals surface area contributed by atoms with E-state index in [0.29, 0.717) is 6.54 Å². The molecule has 1 aliphatic heterocycles. The molecule has 1 unspecified atom stereocenters. The Bertz CT molecular complexity index is 660. The molecule has 1 aliphatic rings. The quantitative estimate of drug-likeness (QED) is 0.752. The second-order valence-electron chi connectivity index (χ2n) is 6.00. The highest BCUT2D eigenvalue weighted by Crippen LogP contribution is 2.17. The van der Waals surface area contributed by atoms with Gasteiger partial charge in [0.25, 0.3) is 0 Å². The fourth-order valence-corrected chi connectivity index (χ4v) is 3.61. The number of rotatable bonds is 6. The van der Waals surface area contributed by atoms with Crippen molar-refractivity contribution >= 4 is 17.4 Å². The first-order valence-electron chi connectivity index (χ1n) is 8.23. The van der Waals surface area contributed by atoms with E-state index in [0.717, 1.165) is 31.6 Å². The SMILES string of the molecule is O=C(NCCN1CCc2ccccc2C1)NCC(O)c1ccsc1. The fraction of sp³-hybridized carbons (Fsp3) is 0.389. The molecule has 0 saturated carbocycles. The fourth-order valence-electron chi connectivity index (χ4n) is 2.91. The number of amides is 2. The number of carbonyl (C=O) groups excluding carboxylic acids is 1. The van der Waals surface area contributed by atoms with Crippen LogP contribution in [0.15, 0.2) is 41.1 Å². The molecule has 3 N–H and O–H groups in total. The van der Waals surface area contributed by atoms with Crippen LogP contribution in [0.3, 0.4) is 0 Å². The molecule has 24 heavy (non-hydrogen) atoms. The summed E-state index contributed by atoms with van der Waals surface area (Å²) in [4.78, 5) is 14.2. The lowest BCUT2D eigenvalue weighted by Gasteiger charge is -2.28. The largest absolute Gasteiger partial charge is 0.387 e. The number of nitrogens with one attached hydrogen (secondary N) is 2. The van der Waals surface area contributed by atoms with E-state index in [-0.39, 0.29) is 12.6 Å². The highest BCUT2D eigenvalue weighted by molar-refractivity contribution is 7.07. The number of fused-ring (bicyclic) bond motifs is 1. The average molecular weight is 345 g/mol. The Labute approximate surface area is 146 Å². The maximum Gasteiger partial charge on any atom is 0.314 e. The monoisotopic (exact) mass is 345 g/mol. The smallest absolute Gasteiger partial charge is 0.314 e. The molecule has 2 aromatic rings. The number of nitrogens with zero attached hydrogens (tertiary/aromatic N) is 1. The van der Waals surface area contributed by atoms with E-state index in [1.165, 1.54) is 22.5 Å². The van der Waals surface area contributed by atoms with Crippen molar-refractivity contribution in [2.24, 2.45) is 0 Å². The van der Waals surface area contributed by atoms with E-state index in [1.54, 1.807) is 0 Å². The Morgan fingerprint density at radius 1 is 1.25 bits per heavy atom. The summed E-state index contributed by atoms with van der Waals surface area (Å²) in [6, 6.07) is 10.2. The van der Waals surface area contributed by atoms with Crippen molar-refractivity contribution in [3.05, 3.63) is 57.8 Å². The van der Waals surface area contributed by atoms with Crippen molar-refractivity contribution < 1.29 is 9.90 Å². The van der Waals surface area contributed by atoms with E-state index in [9.17, 15) is 9.90 Å². The van der Waals surface area contributed by atoms with E-state index >= 15 is 0 Å². The molecule has 0 fully saturated rings. The number of benzene rings is 1. The summed E-state index contributed by atoms with van der Waals surface area (Å²) >= 11 is 1.53. The van der Waals surface area contributed by atoms with Gasteiger partial charge in [0.2, 0.25) is 0 Å². The van der Waals surface area contributed by atoms with E-state index in [1.807, 2.05) is 16.8 Å². The predicted octanol–water partition coefficient (Wildman–Crippen LogP) is 2.14. The van der Waals surface area contributed by atoms with Crippen molar-refractivity contribution in [2.75, 3.05) is 26.2 Å². The van der Waals surface area contributed by atoms with Gasteiger partial charge in [0, 0.05) is 32.7 Å². The van der Waals surface area contributed by atoms with Crippen molar-refractivity contribution in [1.82, 2.24) is 15.5 Å². The molecule has 0 aliphatic carbocycles. The van der Waals surface area contributed by atoms with Gasteiger partial charge in [-0.1, -0.05) is 24.3 Å². The molecule has 0 saturated heterocycles. The lowest BCUT2D eigenvalue weighted by atomic mass is 10.00. The van der Waals surface area contributed by atoms with Crippen LogP contribution in [-0.4, -0.2) is 42.2 Å². The first-order chi connectivity index (χ1) is 11.7. The van der Waals surface area contributed by atoms with Crippen LogP contribution in [0.4, 0.5) is 4.79 Å². The molecule has 0 bridgehead atoms. The minimum atomic E-state index is -0.652. The van der Waals surface area contributed by atoms with Crippen LogP contribution in [0.2, 0.25) is 0 Å². The summed E-state index contributed by atoms with van der Waals surface area (Å²) in [5.74, 6) is 0. The Hall–Kier alpha value is -1.89. The molecule has 0 spiro atoms. The van der Waals surface area contributed by atoms with Gasteiger partial charge in [0.05, 0.1) is 6.10 Å². The standard InChI is InChI=1S/C18H23N3O2S/c22-17(16-6-10-24-13-16)11-20-18(23)19-7-9-21-8-5-14-3-1-2-4-15(14)12-21/h1-4,6,10,13,17,22H,5,7-9,11-12H2,(H2,19,20,23).